The SMILES string of the molecule is CCCCCCCCCCCCCC(=O)OC(COC(=O)CCCC)COP(=O)(O)OCCN. The van der Waals surface area contributed by atoms with Crippen molar-refractivity contribution in [3.8, 4) is 0 Å². The molecular formula is C24H48NO8P. The first kappa shape index (κ1) is 33.0. The van der Waals surface area contributed by atoms with E-state index in [-0.39, 0.29) is 32.6 Å². The van der Waals surface area contributed by atoms with Gasteiger partial charge in [-0.1, -0.05) is 84.5 Å². The molecular weight excluding hydrogens is 461 g/mol. The molecule has 0 spiro atoms. The molecule has 0 bridgehead atoms. The lowest BCUT2D eigenvalue weighted by Gasteiger charge is -2.19. The van der Waals surface area contributed by atoms with Crippen LogP contribution in [-0.4, -0.2) is 49.3 Å². The van der Waals surface area contributed by atoms with Gasteiger partial charge in [0, 0.05) is 19.4 Å². The zero-order chi connectivity index (χ0) is 25.5. The van der Waals surface area contributed by atoms with Crippen LogP contribution >= 0.6 is 7.82 Å². The summed E-state index contributed by atoms with van der Waals surface area (Å²) in [6.45, 7) is 3.41. The van der Waals surface area contributed by atoms with Crippen LogP contribution in [0.4, 0.5) is 0 Å². The van der Waals surface area contributed by atoms with Crippen molar-refractivity contribution in [1.82, 2.24) is 0 Å². The Bertz CT molecular complexity index is 561. The Labute approximate surface area is 206 Å². The Morgan fingerprint density at radius 3 is 1.85 bits per heavy atom. The maximum atomic E-state index is 12.2. The van der Waals surface area contributed by atoms with Gasteiger partial charge in [0.05, 0.1) is 13.2 Å². The van der Waals surface area contributed by atoms with E-state index in [1.165, 1.54) is 51.4 Å². The summed E-state index contributed by atoms with van der Waals surface area (Å²) in [5.41, 5.74) is 5.25. The molecule has 0 rings (SSSR count). The summed E-state index contributed by atoms with van der Waals surface area (Å²) in [4.78, 5) is 33.6. The molecule has 0 fully saturated rings. The molecule has 2 unspecified atom stereocenters. The zero-order valence-electron chi connectivity index (χ0n) is 21.3. The number of ether oxygens (including phenoxy) is 2. The van der Waals surface area contributed by atoms with Crippen LogP contribution in [0.5, 0.6) is 0 Å². The summed E-state index contributed by atoms with van der Waals surface area (Å²) in [6, 6.07) is 0. The van der Waals surface area contributed by atoms with Gasteiger partial charge in [0.25, 0.3) is 0 Å². The quantitative estimate of drug-likeness (QED) is 0.0992. The third-order valence-electron chi connectivity index (χ3n) is 5.24. The predicted octanol–water partition coefficient (Wildman–Crippen LogP) is 5.43. The largest absolute Gasteiger partial charge is 0.472 e. The van der Waals surface area contributed by atoms with E-state index < -0.39 is 32.5 Å². The monoisotopic (exact) mass is 509 g/mol. The van der Waals surface area contributed by atoms with Crippen molar-refractivity contribution >= 4 is 19.8 Å². The van der Waals surface area contributed by atoms with Crippen molar-refractivity contribution in [2.24, 2.45) is 5.73 Å². The van der Waals surface area contributed by atoms with Crippen LogP contribution in [0.1, 0.15) is 110 Å². The van der Waals surface area contributed by atoms with Crippen LogP contribution in [0.2, 0.25) is 0 Å². The average Bonchev–Trinajstić information content (AvgIpc) is 2.81. The predicted molar refractivity (Wildman–Crippen MR) is 132 cm³/mol. The summed E-state index contributed by atoms with van der Waals surface area (Å²) in [5, 5.41) is 0. The summed E-state index contributed by atoms with van der Waals surface area (Å²) >= 11 is 0. The second kappa shape index (κ2) is 22.5. The van der Waals surface area contributed by atoms with Crippen molar-refractivity contribution in [2.45, 2.75) is 116 Å². The number of rotatable bonds is 24. The molecule has 0 aliphatic carbocycles. The number of hydrogen-bond acceptors (Lipinski definition) is 8. The molecule has 2 atom stereocenters. The number of carbonyl (C=O) groups excluding carboxylic acids is 2. The number of unbranched alkanes of at least 4 members (excludes halogenated alkanes) is 11. The summed E-state index contributed by atoms with van der Waals surface area (Å²) in [5.74, 6) is -0.871. The highest BCUT2D eigenvalue weighted by molar-refractivity contribution is 7.47. The molecule has 202 valence electrons. The number of nitrogens with two attached hydrogens (primary N) is 1. The molecule has 0 radical (unpaired) electrons. The molecule has 0 saturated carbocycles. The number of carbonyl (C=O) groups is 2. The lowest BCUT2D eigenvalue weighted by molar-refractivity contribution is -0.161. The van der Waals surface area contributed by atoms with Crippen LogP contribution in [-0.2, 0) is 32.7 Å². The first-order valence-electron chi connectivity index (χ1n) is 13.0. The average molecular weight is 510 g/mol. The Balaban J connectivity index is 4.23. The summed E-state index contributed by atoms with van der Waals surface area (Å²) in [7, 11) is -4.33. The van der Waals surface area contributed by atoms with Gasteiger partial charge in [0.1, 0.15) is 6.61 Å². The molecule has 34 heavy (non-hydrogen) atoms. The van der Waals surface area contributed by atoms with Gasteiger partial charge in [-0.25, -0.2) is 4.57 Å². The van der Waals surface area contributed by atoms with Crippen molar-refractivity contribution in [3.63, 3.8) is 0 Å². The summed E-state index contributed by atoms with van der Waals surface area (Å²) < 4.78 is 31.9. The molecule has 10 heteroatoms. The first-order chi connectivity index (χ1) is 16.3. The van der Waals surface area contributed by atoms with E-state index in [4.69, 9.17) is 19.7 Å². The fraction of sp³-hybridized carbons (Fsp3) is 0.917. The maximum absolute atomic E-state index is 12.2. The van der Waals surface area contributed by atoms with Crippen LogP contribution in [0, 0.1) is 0 Å². The highest BCUT2D eigenvalue weighted by Gasteiger charge is 2.25. The van der Waals surface area contributed by atoms with E-state index in [2.05, 4.69) is 11.4 Å². The standard InChI is InChI=1S/C24H48NO8P/c1-3-5-7-8-9-10-11-12-13-14-15-17-24(27)33-22(20-30-23(26)16-6-4-2)21-32-34(28,29)31-19-18-25/h22H,3-21,25H2,1-2H3,(H,28,29). The van der Waals surface area contributed by atoms with Gasteiger partial charge in [0.15, 0.2) is 6.10 Å². The Morgan fingerprint density at radius 1 is 0.765 bits per heavy atom. The van der Waals surface area contributed by atoms with Gasteiger partial charge < -0.3 is 20.1 Å². The van der Waals surface area contributed by atoms with E-state index in [9.17, 15) is 19.0 Å². The molecule has 3 N–H and O–H groups in total. The van der Waals surface area contributed by atoms with Gasteiger partial charge in [-0.3, -0.25) is 18.6 Å². The highest BCUT2D eigenvalue weighted by Crippen LogP contribution is 2.43. The number of esters is 2. The zero-order valence-corrected chi connectivity index (χ0v) is 22.2. The second-order valence-corrected chi connectivity index (χ2v) is 10.0. The van der Waals surface area contributed by atoms with E-state index in [0.29, 0.717) is 12.8 Å². The highest BCUT2D eigenvalue weighted by atomic mass is 31.2. The molecule has 0 aromatic rings. The molecule has 0 saturated heterocycles. The smallest absolute Gasteiger partial charge is 0.462 e. The Hall–Kier alpha value is -0.990. The van der Waals surface area contributed by atoms with E-state index in [1.807, 2.05) is 6.92 Å². The minimum absolute atomic E-state index is 0.0559. The van der Waals surface area contributed by atoms with Gasteiger partial charge >= 0.3 is 19.8 Å². The molecule has 0 heterocycles. The van der Waals surface area contributed by atoms with Crippen LogP contribution in [0.25, 0.3) is 0 Å². The minimum Gasteiger partial charge on any atom is -0.462 e. The fourth-order valence-electron chi connectivity index (χ4n) is 3.26. The minimum atomic E-state index is -4.33. The molecule has 0 aliphatic heterocycles. The lowest BCUT2D eigenvalue weighted by Crippen LogP contribution is -2.29. The van der Waals surface area contributed by atoms with Gasteiger partial charge in [-0.05, 0) is 12.8 Å². The molecule has 0 aromatic heterocycles. The van der Waals surface area contributed by atoms with Crippen LogP contribution in [0.15, 0.2) is 0 Å². The first-order valence-corrected chi connectivity index (χ1v) is 14.5. The van der Waals surface area contributed by atoms with Gasteiger partial charge in [-0.15, -0.1) is 0 Å². The van der Waals surface area contributed by atoms with Crippen molar-refractivity contribution < 1.29 is 37.6 Å². The Morgan fingerprint density at radius 2 is 1.29 bits per heavy atom. The fourth-order valence-corrected chi connectivity index (χ4v) is 4.02. The molecule has 9 nitrogen and oxygen atoms in total. The molecule has 0 aromatic carbocycles. The van der Waals surface area contributed by atoms with E-state index in [0.717, 1.165) is 19.3 Å². The summed E-state index contributed by atoms with van der Waals surface area (Å²) in [6.07, 6.45) is 14.0. The normalized spacial score (nSPS) is 13.9. The third-order valence-corrected chi connectivity index (χ3v) is 6.23. The van der Waals surface area contributed by atoms with Crippen LogP contribution in [0.3, 0.4) is 0 Å². The number of phosphoric acid groups is 1. The van der Waals surface area contributed by atoms with Gasteiger partial charge in [0.2, 0.25) is 0 Å². The molecule has 0 aliphatic rings. The van der Waals surface area contributed by atoms with Crippen molar-refractivity contribution in [1.29, 1.82) is 0 Å². The Kier molecular flexibility index (Phi) is 21.8. The van der Waals surface area contributed by atoms with E-state index >= 15 is 0 Å². The number of hydrogen-bond donors (Lipinski definition) is 2. The number of phosphoric ester groups is 1. The van der Waals surface area contributed by atoms with Crippen LogP contribution < -0.4 is 5.73 Å². The second-order valence-electron chi connectivity index (χ2n) is 8.57. The molecule has 0 amide bonds. The van der Waals surface area contributed by atoms with Crippen molar-refractivity contribution in [3.05, 3.63) is 0 Å². The maximum Gasteiger partial charge on any atom is 0.472 e. The van der Waals surface area contributed by atoms with E-state index in [1.54, 1.807) is 0 Å². The topological polar surface area (TPSA) is 134 Å². The van der Waals surface area contributed by atoms with Crippen molar-refractivity contribution in [2.75, 3.05) is 26.4 Å². The lowest BCUT2D eigenvalue weighted by atomic mass is 10.1. The third kappa shape index (κ3) is 21.5. The van der Waals surface area contributed by atoms with Gasteiger partial charge in [-0.2, -0.15) is 0 Å².